The number of anilines is 1. The van der Waals surface area contributed by atoms with Gasteiger partial charge in [-0.2, -0.15) is 0 Å². The van der Waals surface area contributed by atoms with Crippen LogP contribution in [0.2, 0.25) is 0 Å². The molecule has 0 aliphatic carbocycles. The summed E-state index contributed by atoms with van der Waals surface area (Å²) in [5, 5.41) is 0. The van der Waals surface area contributed by atoms with Crippen molar-refractivity contribution < 1.29 is 19.1 Å². The molecule has 0 aliphatic heterocycles. The number of nitrogens with one attached hydrogen (secondary N) is 1. The summed E-state index contributed by atoms with van der Waals surface area (Å²) in [6, 6.07) is 8.10. The van der Waals surface area contributed by atoms with Gasteiger partial charge in [-0.05, 0) is 74.7 Å². The standard InChI is InChI=1S/C24H28N4O5/c1-5-27-22-18(15(4)14(3)11-19(22)26-24(27)32)12-21(30)28(13-20(25)29)17-9-7-16(8-10-17)23(31)33-6-2/h7-11H,5-6,12-13H2,1-4H3,(H2,25,29)(H,26,32). The average molecular weight is 453 g/mol. The first-order chi connectivity index (χ1) is 15.7. The van der Waals surface area contributed by atoms with Crippen LogP contribution in [-0.4, -0.2) is 40.5 Å². The Balaban J connectivity index is 2.02. The van der Waals surface area contributed by atoms with Crippen LogP contribution in [-0.2, 0) is 27.3 Å². The maximum absolute atomic E-state index is 13.4. The molecule has 3 N–H and O–H groups in total. The number of carbonyl (C=O) groups is 3. The van der Waals surface area contributed by atoms with Gasteiger partial charge < -0.3 is 20.4 Å². The van der Waals surface area contributed by atoms with Gasteiger partial charge in [-0.1, -0.05) is 0 Å². The van der Waals surface area contributed by atoms with E-state index in [9.17, 15) is 19.2 Å². The molecule has 0 bridgehead atoms. The highest BCUT2D eigenvalue weighted by atomic mass is 16.5. The van der Waals surface area contributed by atoms with Crippen LogP contribution >= 0.6 is 0 Å². The second kappa shape index (κ2) is 9.72. The number of ether oxygens (including phenoxy) is 1. The third-order valence-electron chi connectivity index (χ3n) is 5.65. The quantitative estimate of drug-likeness (QED) is 0.507. The van der Waals surface area contributed by atoms with Crippen molar-refractivity contribution >= 4 is 34.5 Å². The van der Waals surface area contributed by atoms with E-state index in [0.29, 0.717) is 34.4 Å². The van der Waals surface area contributed by atoms with Crippen molar-refractivity contribution in [1.82, 2.24) is 9.55 Å². The maximum Gasteiger partial charge on any atom is 0.338 e. The Morgan fingerprint density at radius 3 is 2.36 bits per heavy atom. The normalized spacial score (nSPS) is 10.9. The Labute approximate surface area is 191 Å². The van der Waals surface area contributed by atoms with Crippen LogP contribution in [0.25, 0.3) is 11.0 Å². The Morgan fingerprint density at radius 1 is 1.12 bits per heavy atom. The topological polar surface area (TPSA) is 127 Å². The molecule has 2 aromatic carbocycles. The van der Waals surface area contributed by atoms with Gasteiger partial charge >= 0.3 is 11.7 Å². The lowest BCUT2D eigenvalue weighted by Crippen LogP contribution is -2.39. The minimum atomic E-state index is -0.670. The van der Waals surface area contributed by atoms with Gasteiger partial charge in [-0.15, -0.1) is 0 Å². The molecule has 0 fully saturated rings. The molecule has 0 unspecified atom stereocenters. The van der Waals surface area contributed by atoms with E-state index in [0.717, 1.165) is 11.1 Å². The van der Waals surface area contributed by atoms with Crippen LogP contribution in [0.3, 0.4) is 0 Å². The molecule has 3 aromatic rings. The van der Waals surface area contributed by atoms with E-state index in [1.807, 2.05) is 26.8 Å². The number of nitrogens with two attached hydrogens (primary N) is 1. The number of H-pyrrole nitrogens is 1. The van der Waals surface area contributed by atoms with Gasteiger partial charge in [-0.3, -0.25) is 14.2 Å². The first-order valence-corrected chi connectivity index (χ1v) is 10.7. The SMILES string of the molecule is CCOC(=O)c1ccc(N(CC(N)=O)C(=O)Cc2c(C)c(C)cc3[nH]c(=O)n(CC)c23)cc1. The maximum atomic E-state index is 13.4. The van der Waals surface area contributed by atoms with E-state index in [1.54, 1.807) is 23.6 Å². The molecule has 33 heavy (non-hydrogen) atoms. The van der Waals surface area contributed by atoms with Crippen LogP contribution in [0.5, 0.6) is 0 Å². The van der Waals surface area contributed by atoms with E-state index < -0.39 is 11.9 Å². The summed E-state index contributed by atoms with van der Waals surface area (Å²) in [6.07, 6.45) is -0.0335. The van der Waals surface area contributed by atoms with Gasteiger partial charge in [0.25, 0.3) is 0 Å². The summed E-state index contributed by atoms with van der Waals surface area (Å²) in [4.78, 5) is 53.6. The molecular formula is C24H28N4O5. The summed E-state index contributed by atoms with van der Waals surface area (Å²) in [5.74, 6) is -1.50. The highest BCUT2D eigenvalue weighted by molar-refractivity contribution is 6.01. The number of nitrogens with zero attached hydrogens (tertiary/aromatic N) is 2. The van der Waals surface area contributed by atoms with Crippen molar-refractivity contribution in [2.75, 3.05) is 18.1 Å². The third-order valence-corrected chi connectivity index (χ3v) is 5.65. The Morgan fingerprint density at radius 2 is 1.79 bits per heavy atom. The summed E-state index contributed by atoms with van der Waals surface area (Å²) >= 11 is 0. The first kappa shape index (κ1) is 23.8. The second-order valence-electron chi connectivity index (χ2n) is 7.76. The number of hydrogen-bond donors (Lipinski definition) is 2. The molecule has 0 atom stereocenters. The number of aryl methyl sites for hydroxylation is 2. The van der Waals surface area contributed by atoms with Crippen LogP contribution in [0.4, 0.5) is 5.69 Å². The van der Waals surface area contributed by atoms with Crippen LogP contribution in [0.15, 0.2) is 35.1 Å². The number of aromatic nitrogens is 2. The fraction of sp³-hybridized carbons (Fsp3) is 0.333. The monoisotopic (exact) mass is 452 g/mol. The Kier molecular flexibility index (Phi) is 7.01. The summed E-state index contributed by atoms with van der Waals surface area (Å²) in [7, 11) is 0. The van der Waals surface area contributed by atoms with Crippen LogP contribution < -0.4 is 16.3 Å². The summed E-state index contributed by atoms with van der Waals surface area (Å²) in [5.41, 5.74) is 9.83. The summed E-state index contributed by atoms with van der Waals surface area (Å²) < 4.78 is 6.58. The number of aromatic amines is 1. The molecule has 0 spiro atoms. The smallest absolute Gasteiger partial charge is 0.338 e. The van der Waals surface area contributed by atoms with Crippen molar-refractivity contribution in [3.63, 3.8) is 0 Å². The minimum Gasteiger partial charge on any atom is -0.462 e. The number of fused-ring (bicyclic) bond motifs is 1. The third kappa shape index (κ3) is 4.82. The number of hydrogen-bond acceptors (Lipinski definition) is 5. The molecular weight excluding hydrogens is 424 g/mol. The number of carbonyl (C=O) groups excluding carboxylic acids is 3. The molecule has 174 valence electrons. The largest absolute Gasteiger partial charge is 0.462 e. The number of imidazole rings is 1. The zero-order chi connectivity index (χ0) is 24.3. The first-order valence-electron chi connectivity index (χ1n) is 10.7. The molecule has 0 aliphatic rings. The highest BCUT2D eigenvalue weighted by Gasteiger charge is 2.23. The number of benzene rings is 2. The van der Waals surface area contributed by atoms with Crippen molar-refractivity contribution in [2.24, 2.45) is 5.73 Å². The molecule has 3 rings (SSSR count). The molecule has 1 heterocycles. The Hall–Kier alpha value is -3.88. The van der Waals surface area contributed by atoms with Gasteiger partial charge in [0.15, 0.2) is 0 Å². The molecule has 9 nitrogen and oxygen atoms in total. The lowest BCUT2D eigenvalue weighted by molar-refractivity contribution is -0.122. The van der Waals surface area contributed by atoms with Gasteiger partial charge in [0.2, 0.25) is 11.8 Å². The van der Waals surface area contributed by atoms with Crippen LogP contribution in [0, 0.1) is 13.8 Å². The van der Waals surface area contributed by atoms with Gasteiger partial charge in [-0.25, -0.2) is 9.59 Å². The lowest BCUT2D eigenvalue weighted by atomic mass is 9.98. The fourth-order valence-electron chi connectivity index (χ4n) is 3.89. The van der Waals surface area contributed by atoms with Crippen molar-refractivity contribution in [3.05, 3.63) is 63.1 Å². The van der Waals surface area contributed by atoms with Gasteiger partial charge in [0.1, 0.15) is 6.54 Å². The molecule has 1 aromatic heterocycles. The summed E-state index contributed by atoms with van der Waals surface area (Å²) in [6.45, 7) is 7.77. The zero-order valence-electron chi connectivity index (χ0n) is 19.2. The van der Waals surface area contributed by atoms with E-state index in [2.05, 4.69) is 4.98 Å². The number of primary amides is 1. The van der Waals surface area contributed by atoms with E-state index in [-0.39, 0.29) is 31.2 Å². The van der Waals surface area contributed by atoms with Gasteiger partial charge in [0, 0.05) is 12.2 Å². The van der Waals surface area contributed by atoms with Crippen molar-refractivity contribution in [2.45, 2.75) is 40.7 Å². The van der Waals surface area contributed by atoms with Gasteiger partial charge in [0.05, 0.1) is 29.6 Å². The van der Waals surface area contributed by atoms with E-state index in [1.165, 1.54) is 17.0 Å². The minimum absolute atomic E-state index is 0.0335. The molecule has 0 saturated heterocycles. The fourth-order valence-corrected chi connectivity index (χ4v) is 3.89. The lowest BCUT2D eigenvalue weighted by Gasteiger charge is -2.23. The zero-order valence-corrected chi connectivity index (χ0v) is 19.2. The number of esters is 1. The van der Waals surface area contributed by atoms with E-state index >= 15 is 0 Å². The number of amides is 2. The molecule has 0 radical (unpaired) electrons. The molecule has 9 heteroatoms. The predicted molar refractivity (Wildman–Crippen MR) is 125 cm³/mol. The van der Waals surface area contributed by atoms with Crippen molar-refractivity contribution in [3.8, 4) is 0 Å². The predicted octanol–water partition coefficient (Wildman–Crippen LogP) is 2.20. The highest BCUT2D eigenvalue weighted by Crippen LogP contribution is 2.26. The van der Waals surface area contributed by atoms with E-state index in [4.69, 9.17) is 10.5 Å². The van der Waals surface area contributed by atoms with Crippen molar-refractivity contribution in [1.29, 1.82) is 0 Å². The molecule has 0 saturated carbocycles. The Bertz CT molecular complexity index is 1270. The molecule has 2 amide bonds. The average Bonchev–Trinajstić information content (AvgIpc) is 3.09. The number of rotatable bonds is 8. The second-order valence-corrected chi connectivity index (χ2v) is 7.76. The van der Waals surface area contributed by atoms with Crippen LogP contribution in [0.1, 0.15) is 40.9 Å².